The van der Waals surface area contributed by atoms with Crippen LogP contribution in [-0.2, 0) is 10.2 Å². The minimum atomic E-state index is -0.833. The number of carbonyl (C=O) groups is 2. The molecule has 6 heteroatoms. The van der Waals surface area contributed by atoms with E-state index < -0.39 is 6.10 Å². The van der Waals surface area contributed by atoms with Gasteiger partial charge in [-0.3, -0.25) is 9.59 Å². The van der Waals surface area contributed by atoms with Crippen molar-refractivity contribution in [2.45, 2.75) is 103 Å². The van der Waals surface area contributed by atoms with E-state index in [0.717, 1.165) is 54.8 Å². The highest BCUT2D eigenvalue weighted by Crippen LogP contribution is 2.32. The molecule has 1 aromatic heterocycles. The zero-order valence-electron chi connectivity index (χ0n) is 20.8. The van der Waals surface area contributed by atoms with Gasteiger partial charge in [-0.25, -0.2) is 4.98 Å². The molecule has 0 aliphatic heterocycles. The fraction of sp³-hybridized carbons (Fsp3) is 0.593. The zero-order chi connectivity index (χ0) is 24.4. The molecule has 5 nitrogen and oxygen atoms in total. The zero-order valence-corrected chi connectivity index (χ0v) is 21.6. The number of rotatable bonds is 13. The van der Waals surface area contributed by atoms with Crippen molar-refractivity contribution in [2.24, 2.45) is 0 Å². The van der Waals surface area contributed by atoms with Crippen molar-refractivity contribution in [3.63, 3.8) is 0 Å². The van der Waals surface area contributed by atoms with Crippen LogP contribution in [0.5, 0.6) is 0 Å². The fourth-order valence-electron chi connectivity index (χ4n) is 4.00. The van der Waals surface area contributed by atoms with Gasteiger partial charge in [-0.05, 0) is 42.7 Å². The van der Waals surface area contributed by atoms with Gasteiger partial charge in [0.15, 0.2) is 5.78 Å². The number of nitrogens with zero attached hydrogens (tertiary/aromatic N) is 1. The highest BCUT2D eigenvalue weighted by molar-refractivity contribution is 7.09. The second kappa shape index (κ2) is 13.0. The molecule has 2 aromatic rings. The van der Waals surface area contributed by atoms with Crippen LogP contribution in [0.1, 0.15) is 113 Å². The van der Waals surface area contributed by atoms with Gasteiger partial charge in [0.1, 0.15) is 11.8 Å². The molecule has 0 aliphatic rings. The van der Waals surface area contributed by atoms with Gasteiger partial charge in [0, 0.05) is 23.4 Å². The van der Waals surface area contributed by atoms with Crippen LogP contribution in [0.2, 0.25) is 0 Å². The molecule has 0 spiro atoms. The van der Waals surface area contributed by atoms with Crippen molar-refractivity contribution in [2.75, 3.05) is 5.32 Å². The molecule has 0 aliphatic carbocycles. The Morgan fingerprint density at radius 1 is 1.06 bits per heavy atom. The van der Waals surface area contributed by atoms with E-state index in [-0.39, 0.29) is 23.0 Å². The topological polar surface area (TPSA) is 79.3 Å². The molecule has 0 saturated carbocycles. The maximum atomic E-state index is 12.9. The van der Waals surface area contributed by atoms with E-state index in [1.165, 1.54) is 11.3 Å². The monoisotopic (exact) mass is 472 g/mol. The van der Waals surface area contributed by atoms with Crippen LogP contribution in [0, 0.1) is 0 Å². The summed E-state index contributed by atoms with van der Waals surface area (Å²) in [5, 5.41) is 15.8. The molecule has 0 bridgehead atoms. The number of hydrogen-bond acceptors (Lipinski definition) is 5. The smallest absolute Gasteiger partial charge is 0.275 e. The third kappa shape index (κ3) is 8.35. The molecule has 1 amide bonds. The van der Waals surface area contributed by atoms with E-state index in [2.05, 4.69) is 44.9 Å². The van der Waals surface area contributed by atoms with Gasteiger partial charge in [0.05, 0.1) is 5.01 Å². The Hall–Kier alpha value is -2.05. The summed E-state index contributed by atoms with van der Waals surface area (Å²) in [4.78, 5) is 29.7. The van der Waals surface area contributed by atoms with Gasteiger partial charge < -0.3 is 10.4 Å². The van der Waals surface area contributed by atoms with Gasteiger partial charge in [-0.15, -0.1) is 11.3 Å². The Morgan fingerprint density at radius 2 is 1.79 bits per heavy atom. The first kappa shape index (κ1) is 27.2. The number of carbonyl (C=O) groups excluding carboxylic acids is 2. The lowest BCUT2D eigenvalue weighted by Gasteiger charge is -2.22. The summed E-state index contributed by atoms with van der Waals surface area (Å²) < 4.78 is 0. The molecular weight excluding hydrogens is 432 g/mol. The van der Waals surface area contributed by atoms with E-state index in [0.29, 0.717) is 18.5 Å². The van der Waals surface area contributed by atoms with Crippen molar-refractivity contribution >= 4 is 28.7 Å². The summed E-state index contributed by atoms with van der Waals surface area (Å²) in [6.45, 7) is 10.6. The van der Waals surface area contributed by atoms with Gasteiger partial charge in [0.25, 0.3) is 5.91 Å². The average molecular weight is 473 g/mol. The second-order valence-corrected chi connectivity index (χ2v) is 10.7. The van der Waals surface area contributed by atoms with Gasteiger partial charge >= 0.3 is 0 Å². The Labute approximate surface area is 203 Å². The molecule has 1 aromatic carbocycles. The lowest BCUT2D eigenvalue weighted by molar-refractivity contribution is -0.127. The van der Waals surface area contributed by atoms with Gasteiger partial charge in [-0.2, -0.15) is 0 Å². The van der Waals surface area contributed by atoms with Crippen molar-refractivity contribution in [3.05, 3.63) is 45.9 Å². The first-order valence-corrected chi connectivity index (χ1v) is 13.1. The molecule has 2 atom stereocenters. The molecule has 182 valence electrons. The number of benzene rings is 1. The molecule has 1 heterocycles. The molecule has 0 fully saturated rings. The molecule has 0 saturated heterocycles. The van der Waals surface area contributed by atoms with Crippen LogP contribution in [0.25, 0.3) is 0 Å². The quantitative estimate of drug-likeness (QED) is 0.333. The first-order chi connectivity index (χ1) is 15.7. The Kier molecular flexibility index (Phi) is 10.7. The largest absolute Gasteiger partial charge is 0.385 e. The number of Topliss-reactive ketones (excluding diaryl/α,β-unsaturated/α-hetero) is 1. The van der Waals surface area contributed by atoms with E-state index in [4.69, 9.17) is 0 Å². The van der Waals surface area contributed by atoms with Crippen molar-refractivity contribution in [3.8, 4) is 0 Å². The van der Waals surface area contributed by atoms with Crippen molar-refractivity contribution in [1.82, 2.24) is 4.98 Å². The van der Waals surface area contributed by atoms with E-state index in [1.54, 1.807) is 0 Å². The molecule has 33 heavy (non-hydrogen) atoms. The van der Waals surface area contributed by atoms with Gasteiger partial charge in [-0.1, -0.05) is 72.1 Å². The highest BCUT2D eigenvalue weighted by atomic mass is 32.1. The number of nitrogens with one attached hydrogen (secondary N) is 1. The van der Waals surface area contributed by atoms with Crippen molar-refractivity contribution < 1.29 is 14.7 Å². The summed E-state index contributed by atoms with van der Waals surface area (Å²) in [5.41, 5.74) is 2.26. The number of amides is 1. The number of hydrogen-bond donors (Lipinski definition) is 2. The van der Waals surface area contributed by atoms with Gasteiger partial charge in [0.2, 0.25) is 0 Å². The number of thiazole rings is 1. The minimum Gasteiger partial charge on any atom is -0.385 e. The molecule has 2 rings (SSSR count). The second-order valence-electron chi connectivity index (χ2n) is 9.82. The third-order valence-corrected chi connectivity index (χ3v) is 6.91. The molecule has 0 radical (unpaired) electrons. The number of para-hydroxylation sites is 1. The third-order valence-electron chi connectivity index (χ3n) is 5.90. The Bertz CT molecular complexity index is 901. The highest BCUT2D eigenvalue weighted by Gasteiger charge is 2.22. The number of aromatic nitrogens is 1. The van der Waals surface area contributed by atoms with Crippen LogP contribution < -0.4 is 5.32 Å². The van der Waals surface area contributed by atoms with Crippen LogP contribution in [-0.4, -0.2) is 27.9 Å². The summed E-state index contributed by atoms with van der Waals surface area (Å²) in [6.07, 6.45) is 5.51. The van der Waals surface area contributed by atoms with E-state index >= 15 is 0 Å². The summed E-state index contributed by atoms with van der Waals surface area (Å²) in [6, 6.07) is 7.88. The Balaban J connectivity index is 2.01. The SMILES string of the molecule is CCCCC(O)C(=O)CCCC(CCC)c1nc(C(=O)Nc2ccccc2C(C)(C)C)cs1. The average Bonchev–Trinajstić information content (AvgIpc) is 3.26. The van der Waals surface area contributed by atoms with E-state index in [1.807, 2.05) is 29.6 Å². The maximum Gasteiger partial charge on any atom is 0.275 e. The minimum absolute atomic E-state index is 0.0598. The standard InChI is InChI=1S/C27H40N2O3S/c1-6-8-16-23(30)24(31)17-11-13-19(12-7-2)26-29-22(18-33-26)25(32)28-21-15-10-9-14-20(21)27(3,4)5/h9-10,14-15,18-19,23,30H,6-8,11-13,16-17H2,1-5H3,(H,28,32). The lowest BCUT2D eigenvalue weighted by Crippen LogP contribution is -2.20. The summed E-state index contributed by atoms with van der Waals surface area (Å²) in [5.74, 6) is -0.0295. The lowest BCUT2D eigenvalue weighted by atomic mass is 9.86. The Morgan fingerprint density at radius 3 is 2.45 bits per heavy atom. The van der Waals surface area contributed by atoms with Crippen LogP contribution in [0.4, 0.5) is 5.69 Å². The number of ketones is 1. The molecular formula is C27H40N2O3S. The predicted molar refractivity (Wildman–Crippen MR) is 137 cm³/mol. The number of aliphatic hydroxyl groups is 1. The summed E-state index contributed by atoms with van der Waals surface area (Å²) >= 11 is 1.52. The first-order valence-electron chi connectivity index (χ1n) is 12.2. The summed E-state index contributed by atoms with van der Waals surface area (Å²) in [7, 11) is 0. The molecule has 2 N–H and O–H groups in total. The molecule has 2 unspecified atom stereocenters. The van der Waals surface area contributed by atoms with Crippen LogP contribution in [0.3, 0.4) is 0 Å². The van der Waals surface area contributed by atoms with Crippen LogP contribution in [0.15, 0.2) is 29.6 Å². The fourth-order valence-corrected chi connectivity index (χ4v) is 4.97. The maximum absolute atomic E-state index is 12.9. The predicted octanol–water partition coefficient (Wildman–Crippen LogP) is 6.87. The van der Waals surface area contributed by atoms with Crippen molar-refractivity contribution in [1.29, 1.82) is 0 Å². The number of unbranched alkanes of at least 4 members (excludes halogenated alkanes) is 1. The van der Waals surface area contributed by atoms with Crippen LogP contribution >= 0.6 is 11.3 Å². The normalized spacial score (nSPS) is 13.5. The number of anilines is 1. The van der Waals surface area contributed by atoms with E-state index in [9.17, 15) is 14.7 Å². The number of aliphatic hydroxyl groups excluding tert-OH is 1.